The first kappa shape index (κ1) is 8.08. The Balaban J connectivity index is 3.06. The highest BCUT2D eigenvalue weighted by atomic mass is 35.5. The van der Waals surface area contributed by atoms with Gasteiger partial charge in [0.2, 0.25) is 0 Å². The van der Waals surface area contributed by atoms with Crippen LogP contribution in [0.4, 0.5) is 0 Å². The third-order valence-corrected chi connectivity index (χ3v) is 1.63. The van der Waals surface area contributed by atoms with Crippen LogP contribution in [0.15, 0.2) is 29.4 Å². The van der Waals surface area contributed by atoms with Gasteiger partial charge in [-0.15, -0.1) is 0 Å². The van der Waals surface area contributed by atoms with Crippen LogP contribution in [0.25, 0.3) is 0 Å². The molecule has 0 aliphatic carbocycles. The Morgan fingerprint density at radius 1 is 1.55 bits per heavy atom. The molecule has 1 aromatic carbocycles. The molecule has 0 amide bonds. The van der Waals surface area contributed by atoms with Crippen molar-refractivity contribution in [2.45, 2.75) is 6.92 Å². The van der Waals surface area contributed by atoms with Gasteiger partial charge in [-0.3, -0.25) is 0 Å². The van der Waals surface area contributed by atoms with Crippen LogP contribution in [0.5, 0.6) is 0 Å². The topological polar surface area (TPSA) is 32.6 Å². The number of halogens is 1. The Morgan fingerprint density at radius 3 is 2.82 bits per heavy atom. The highest BCUT2D eigenvalue weighted by Gasteiger charge is 1.96. The average molecular weight is 170 g/mol. The van der Waals surface area contributed by atoms with E-state index in [4.69, 9.17) is 16.8 Å². The van der Waals surface area contributed by atoms with Crippen molar-refractivity contribution in [3.63, 3.8) is 0 Å². The zero-order valence-corrected chi connectivity index (χ0v) is 6.84. The highest BCUT2D eigenvalue weighted by Crippen LogP contribution is 2.10. The molecule has 2 nitrogen and oxygen atoms in total. The van der Waals surface area contributed by atoms with Gasteiger partial charge in [-0.05, 0) is 19.1 Å². The van der Waals surface area contributed by atoms with E-state index in [1.165, 1.54) is 0 Å². The van der Waals surface area contributed by atoms with Gasteiger partial charge in [-0.25, -0.2) is 0 Å². The molecule has 0 aliphatic heterocycles. The van der Waals surface area contributed by atoms with Crippen molar-refractivity contribution in [3.8, 4) is 0 Å². The van der Waals surface area contributed by atoms with E-state index in [0.717, 1.165) is 5.56 Å². The summed E-state index contributed by atoms with van der Waals surface area (Å²) in [6.07, 6.45) is 0. The molecule has 0 aliphatic rings. The summed E-state index contributed by atoms with van der Waals surface area (Å²) in [6, 6.07) is 7.17. The molecule has 0 radical (unpaired) electrons. The molecule has 3 heteroatoms. The molecular weight excluding hydrogens is 162 g/mol. The predicted molar refractivity (Wildman–Crippen MR) is 45.4 cm³/mol. The molecule has 1 aromatic rings. The summed E-state index contributed by atoms with van der Waals surface area (Å²) in [6.45, 7) is 1.71. The average Bonchev–Trinajstić information content (AvgIpc) is 2.03. The maximum absolute atomic E-state index is 8.42. The second kappa shape index (κ2) is 3.39. The molecule has 58 valence electrons. The minimum absolute atomic E-state index is 0.563. The molecule has 0 heterocycles. The van der Waals surface area contributed by atoms with Crippen LogP contribution in [0.3, 0.4) is 0 Å². The van der Waals surface area contributed by atoms with E-state index >= 15 is 0 Å². The molecule has 0 saturated carbocycles. The van der Waals surface area contributed by atoms with E-state index in [1.54, 1.807) is 19.1 Å². The van der Waals surface area contributed by atoms with E-state index in [9.17, 15) is 0 Å². The van der Waals surface area contributed by atoms with Gasteiger partial charge < -0.3 is 5.21 Å². The zero-order chi connectivity index (χ0) is 8.27. The van der Waals surface area contributed by atoms with E-state index in [0.29, 0.717) is 10.7 Å². The Morgan fingerprint density at radius 2 is 2.27 bits per heavy atom. The van der Waals surface area contributed by atoms with Crippen molar-refractivity contribution < 1.29 is 5.21 Å². The van der Waals surface area contributed by atoms with E-state index in [1.807, 2.05) is 12.1 Å². The maximum atomic E-state index is 8.42. The largest absolute Gasteiger partial charge is 0.411 e. The summed E-state index contributed by atoms with van der Waals surface area (Å²) < 4.78 is 0. The fourth-order valence-corrected chi connectivity index (χ4v) is 0.962. The summed E-state index contributed by atoms with van der Waals surface area (Å²) in [5, 5.41) is 12.1. The van der Waals surface area contributed by atoms with E-state index in [2.05, 4.69) is 5.16 Å². The Bertz CT molecular complexity index is 283. The lowest BCUT2D eigenvalue weighted by atomic mass is 10.1. The smallest absolute Gasteiger partial charge is 0.0837 e. The highest BCUT2D eigenvalue weighted by molar-refractivity contribution is 6.31. The van der Waals surface area contributed by atoms with E-state index in [-0.39, 0.29) is 0 Å². The zero-order valence-electron chi connectivity index (χ0n) is 6.08. The Labute approximate surface area is 70.1 Å². The van der Waals surface area contributed by atoms with Gasteiger partial charge in [-0.1, -0.05) is 28.9 Å². The first-order chi connectivity index (χ1) is 5.24. The SMILES string of the molecule is C/C(=N/O)c1cccc(Cl)c1. The minimum atomic E-state index is 0.563. The molecule has 0 unspecified atom stereocenters. The van der Waals surface area contributed by atoms with Crippen molar-refractivity contribution in [2.75, 3.05) is 0 Å². The lowest BCUT2D eigenvalue weighted by Crippen LogP contribution is -1.92. The van der Waals surface area contributed by atoms with Gasteiger partial charge >= 0.3 is 0 Å². The van der Waals surface area contributed by atoms with Gasteiger partial charge in [-0.2, -0.15) is 0 Å². The van der Waals surface area contributed by atoms with E-state index < -0.39 is 0 Å². The van der Waals surface area contributed by atoms with Crippen LogP contribution in [-0.4, -0.2) is 10.9 Å². The van der Waals surface area contributed by atoms with Gasteiger partial charge in [0, 0.05) is 10.6 Å². The second-order valence-electron chi connectivity index (χ2n) is 2.20. The third-order valence-electron chi connectivity index (χ3n) is 1.39. The quantitative estimate of drug-likeness (QED) is 0.391. The Kier molecular flexibility index (Phi) is 2.49. The lowest BCUT2D eigenvalue weighted by Gasteiger charge is -1.97. The molecule has 0 spiro atoms. The normalized spacial score (nSPS) is 11.6. The van der Waals surface area contributed by atoms with Crippen molar-refractivity contribution in [1.82, 2.24) is 0 Å². The molecule has 11 heavy (non-hydrogen) atoms. The summed E-state index contributed by atoms with van der Waals surface area (Å²) in [5.41, 5.74) is 1.40. The summed E-state index contributed by atoms with van der Waals surface area (Å²) in [4.78, 5) is 0. The van der Waals surface area contributed by atoms with Crippen LogP contribution in [-0.2, 0) is 0 Å². The van der Waals surface area contributed by atoms with Crippen molar-refractivity contribution in [3.05, 3.63) is 34.9 Å². The Hall–Kier alpha value is -1.02. The van der Waals surface area contributed by atoms with Crippen molar-refractivity contribution in [1.29, 1.82) is 0 Å². The van der Waals surface area contributed by atoms with Crippen LogP contribution in [0.1, 0.15) is 12.5 Å². The standard InChI is InChI=1S/C8H8ClNO/c1-6(10-11)7-3-2-4-8(9)5-7/h2-5,11H,1H3/b10-6-. The second-order valence-corrected chi connectivity index (χ2v) is 2.63. The fourth-order valence-electron chi connectivity index (χ4n) is 0.771. The monoisotopic (exact) mass is 169 g/mol. The van der Waals surface area contributed by atoms with Gasteiger partial charge in [0.1, 0.15) is 0 Å². The molecule has 0 fully saturated rings. The first-order valence-electron chi connectivity index (χ1n) is 3.18. The van der Waals surface area contributed by atoms with Gasteiger partial charge in [0.15, 0.2) is 0 Å². The van der Waals surface area contributed by atoms with Crippen LogP contribution >= 0.6 is 11.6 Å². The number of oxime groups is 1. The van der Waals surface area contributed by atoms with Gasteiger partial charge in [0.25, 0.3) is 0 Å². The summed E-state index contributed by atoms with van der Waals surface area (Å²) >= 11 is 5.71. The number of rotatable bonds is 1. The van der Waals surface area contributed by atoms with Crippen molar-refractivity contribution >= 4 is 17.3 Å². The molecule has 0 bridgehead atoms. The molecule has 1 rings (SSSR count). The molecule has 1 N–H and O–H groups in total. The van der Waals surface area contributed by atoms with Gasteiger partial charge in [0.05, 0.1) is 5.71 Å². The molecule has 0 aromatic heterocycles. The minimum Gasteiger partial charge on any atom is -0.411 e. The number of benzene rings is 1. The first-order valence-corrected chi connectivity index (χ1v) is 3.56. The van der Waals surface area contributed by atoms with Crippen LogP contribution in [0, 0.1) is 0 Å². The molecule has 0 atom stereocenters. The predicted octanol–water partition coefficient (Wildman–Crippen LogP) is 2.54. The van der Waals surface area contributed by atoms with Crippen LogP contribution < -0.4 is 0 Å². The summed E-state index contributed by atoms with van der Waals surface area (Å²) in [5.74, 6) is 0. The maximum Gasteiger partial charge on any atom is 0.0837 e. The number of hydrogen-bond donors (Lipinski definition) is 1. The lowest BCUT2D eigenvalue weighted by molar-refractivity contribution is 0.319. The van der Waals surface area contributed by atoms with Crippen molar-refractivity contribution in [2.24, 2.45) is 5.16 Å². The third kappa shape index (κ3) is 1.95. The molecular formula is C8H8ClNO. The number of nitrogens with zero attached hydrogens (tertiary/aromatic N) is 1. The number of hydrogen-bond acceptors (Lipinski definition) is 2. The van der Waals surface area contributed by atoms with Crippen LogP contribution in [0.2, 0.25) is 5.02 Å². The fraction of sp³-hybridized carbons (Fsp3) is 0.125. The molecule has 0 saturated heterocycles. The summed E-state index contributed by atoms with van der Waals surface area (Å²) in [7, 11) is 0.